The van der Waals surface area contributed by atoms with Crippen LogP contribution in [0.1, 0.15) is 11.7 Å². The molecular weight excluding hydrogens is 340 g/mol. The van der Waals surface area contributed by atoms with Gasteiger partial charge in [-0.1, -0.05) is 18.2 Å². The number of para-hydroxylation sites is 2. The first kappa shape index (κ1) is 18.8. The van der Waals surface area contributed by atoms with Gasteiger partial charge in [0.1, 0.15) is 5.75 Å². The highest BCUT2D eigenvalue weighted by atomic mass is 32.1. The molecule has 0 amide bonds. The molecule has 0 saturated carbocycles. The molecule has 25 heavy (non-hydrogen) atoms. The Morgan fingerprint density at radius 3 is 2.36 bits per heavy atom. The van der Waals surface area contributed by atoms with Crippen LogP contribution in [0.4, 0.5) is 5.69 Å². The molecule has 0 aliphatic carbocycles. The van der Waals surface area contributed by atoms with Gasteiger partial charge in [0.15, 0.2) is 16.6 Å². The molecule has 134 valence electrons. The first-order chi connectivity index (χ1) is 12.1. The third kappa shape index (κ3) is 4.98. The molecule has 1 unspecified atom stereocenters. The van der Waals surface area contributed by atoms with Gasteiger partial charge in [-0.15, -0.1) is 0 Å². The van der Waals surface area contributed by atoms with Crippen LogP contribution in [-0.2, 0) is 0 Å². The van der Waals surface area contributed by atoms with E-state index in [0.717, 1.165) is 5.69 Å². The van der Waals surface area contributed by atoms with Crippen molar-refractivity contribution in [3.05, 3.63) is 48.0 Å². The van der Waals surface area contributed by atoms with Crippen LogP contribution in [0.2, 0.25) is 0 Å². The van der Waals surface area contributed by atoms with E-state index in [9.17, 15) is 5.11 Å². The summed E-state index contributed by atoms with van der Waals surface area (Å²) >= 11 is 5.27. The summed E-state index contributed by atoms with van der Waals surface area (Å²) in [5, 5.41) is 16.8. The summed E-state index contributed by atoms with van der Waals surface area (Å²) in [5.74, 6) is 1.86. The molecule has 0 aliphatic rings. The normalized spacial score (nSPS) is 11.4. The number of hydrogen-bond acceptors (Lipinski definition) is 5. The Labute approximate surface area is 152 Å². The summed E-state index contributed by atoms with van der Waals surface area (Å²) in [6.45, 7) is 0.246. The zero-order valence-electron chi connectivity index (χ0n) is 14.4. The lowest BCUT2D eigenvalue weighted by atomic mass is 10.1. The molecule has 3 N–H and O–H groups in total. The van der Waals surface area contributed by atoms with E-state index < -0.39 is 6.10 Å². The van der Waals surface area contributed by atoms with Crippen molar-refractivity contribution in [3.8, 4) is 17.2 Å². The average molecular weight is 362 g/mol. The number of nitrogens with one attached hydrogen (secondary N) is 2. The highest BCUT2D eigenvalue weighted by Gasteiger charge is 2.12. The fourth-order valence-corrected chi connectivity index (χ4v) is 2.48. The van der Waals surface area contributed by atoms with Crippen LogP contribution in [-0.4, -0.2) is 38.1 Å². The Morgan fingerprint density at radius 1 is 1.00 bits per heavy atom. The molecular formula is C18H22N2O4S. The van der Waals surface area contributed by atoms with Crippen molar-refractivity contribution in [1.82, 2.24) is 5.32 Å². The number of thiocarbonyl (C=S) groups is 1. The van der Waals surface area contributed by atoms with Gasteiger partial charge in [-0.05, 0) is 42.0 Å². The fourth-order valence-electron chi connectivity index (χ4n) is 2.28. The Kier molecular flexibility index (Phi) is 6.85. The van der Waals surface area contributed by atoms with Gasteiger partial charge < -0.3 is 30.0 Å². The van der Waals surface area contributed by atoms with E-state index in [4.69, 9.17) is 26.4 Å². The van der Waals surface area contributed by atoms with Crippen molar-refractivity contribution in [2.24, 2.45) is 0 Å². The monoisotopic (exact) mass is 362 g/mol. The fraction of sp³-hybridized carbons (Fsp3) is 0.278. The summed E-state index contributed by atoms with van der Waals surface area (Å²) in [6.07, 6.45) is -0.753. The van der Waals surface area contributed by atoms with E-state index in [2.05, 4.69) is 10.6 Å². The Balaban J connectivity index is 1.95. The van der Waals surface area contributed by atoms with Crippen LogP contribution in [0.5, 0.6) is 17.2 Å². The van der Waals surface area contributed by atoms with Crippen LogP contribution in [0.3, 0.4) is 0 Å². The van der Waals surface area contributed by atoms with Crippen molar-refractivity contribution >= 4 is 23.0 Å². The number of anilines is 1. The molecule has 0 radical (unpaired) electrons. The molecule has 0 heterocycles. The minimum atomic E-state index is -0.753. The van der Waals surface area contributed by atoms with Gasteiger partial charge in [-0.2, -0.15) is 0 Å². The van der Waals surface area contributed by atoms with E-state index in [1.807, 2.05) is 24.3 Å². The maximum absolute atomic E-state index is 10.3. The number of ether oxygens (including phenoxy) is 3. The SMILES string of the molecule is COc1ccccc1NC(=S)NCC(O)c1ccc(OC)c(OC)c1. The number of aliphatic hydroxyl groups is 1. The maximum atomic E-state index is 10.3. The lowest BCUT2D eigenvalue weighted by Crippen LogP contribution is -2.32. The number of rotatable bonds is 7. The molecule has 2 aromatic rings. The summed E-state index contributed by atoms with van der Waals surface area (Å²) in [6, 6.07) is 12.7. The van der Waals surface area contributed by atoms with Gasteiger partial charge in [-0.25, -0.2) is 0 Å². The smallest absolute Gasteiger partial charge is 0.170 e. The van der Waals surface area contributed by atoms with Crippen LogP contribution >= 0.6 is 12.2 Å². The van der Waals surface area contributed by atoms with Gasteiger partial charge in [0.25, 0.3) is 0 Å². The van der Waals surface area contributed by atoms with Crippen LogP contribution in [0, 0.1) is 0 Å². The second-order valence-electron chi connectivity index (χ2n) is 5.17. The third-order valence-corrected chi connectivity index (χ3v) is 3.85. The summed E-state index contributed by atoms with van der Waals surface area (Å²) in [4.78, 5) is 0. The Hall–Kier alpha value is -2.51. The quantitative estimate of drug-likeness (QED) is 0.654. The van der Waals surface area contributed by atoms with Gasteiger partial charge in [-0.3, -0.25) is 0 Å². The molecule has 2 aromatic carbocycles. The zero-order chi connectivity index (χ0) is 18.2. The van der Waals surface area contributed by atoms with E-state index >= 15 is 0 Å². The van der Waals surface area contributed by atoms with Crippen molar-refractivity contribution in [2.45, 2.75) is 6.10 Å². The predicted molar refractivity (Wildman–Crippen MR) is 102 cm³/mol. The highest BCUT2D eigenvalue weighted by Crippen LogP contribution is 2.29. The second kappa shape index (κ2) is 9.10. The zero-order valence-corrected chi connectivity index (χ0v) is 15.2. The van der Waals surface area contributed by atoms with Crippen LogP contribution in [0.15, 0.2) is 42.5 Å². The first-order valence-electron chi connectivity index (χ1n) is 7.67. The van der Waals surface area contributed by atoms with Crippen molar-refractivity contribution in [2.75, 3.05) is 33.2 Å². The minimum Gasteiger partial charge on any atom is -0.495 e. The standard InChI is InChI=1S/C18H22N2O4S/c1-22-15-7-5-4-6-13(15)20-18(25)19-11-14(21)12-8-9-16(23-2)17(10-12)24-3/h4-10,14,21H,11H2,1-3H3,(H2,19,20,25). The third-order valence-electron chi connectivity index (χ3n) is 3.60. The van der Waals surface area contributed by atoms with E-state index in [1.54, 1.807) is 39.5 Å². The lowest BCUT2D eigenvalue weighted by molar-refractivity contribution is 0.181. The molecule has 0 aromatic heterocycles. The van der Waals surface area contributed by atoms with Gasteiger partial charge in [0.2, 0.25) is 0 Å². The predicted octanol–water partition coefficient (Wildman–Crippen LogP) is 2.73. The van der Waals surface area contributed by atoms with Gasteiger partial charge in [0.05, 0.1) is 33.1 Å². The molecule has 0 fully saturated rings. The number of benzene rings is 2. The van der Waals surface area contributed by atoms with Crippen molar-refractivity contribution < 1.29 is 19.3 Å². The molecule has 0 saturated heterocycles. The maximum Gasteiger partial charge on any atom is 0.170 e. The van der Waals surface area contributed by atoms with Crippen LogP contribution < -0.4 is 24.8 Å². The Bertz CT molecular complexity index is 724. The highest BCUT2D eigenvalue weighted by molar-refractivity contribution is 7.80. The summed E-state index contributed by atoms with van der Waals surface area (Å²) in [5.41, 5.74) is 1.45. The van der Waals surface area contributed by atoms with Crippen molar-refractivity contribution in [1.29, 1.82) is 0 Å². The number of methoxy groups -OCH3 is 3. The number of aliphatic hydroxyl groups excluding tert-OH is 1. The molecule has 6 nitrogen and oxygen atoms in total. The summed E-state index contributed by atoms with van der Waals surface area (Å²) < 4.78 is 15.7. The molecule has 0 spiro atoms. The Morgan fingerprint density at radius 2 is 1.68 bits per heavy atom. The molecule has 0 bridgehead atoms. The van der Waals surface area contributed by atoms with Gasteiger partial charge >= 0.3 is 0 Å². The molecule has 0 aliphatic heterocycles. The molecule has 7 heteroatoms. The van der Waals surface area contributed by atoms with E-state index in [-0.39, 0.29) is 6.54 Å². The lowest BCUT2D eigenvalue weighted by Gasteiger charge is -2.17. The topological polar surface area (TPSA) is 72.0 Å². The summed E-state index contributed by atoms with van der Waals surface area (Å²) in [7, 11) is 4.72. The molecule has 1 atom stereocenters. The van der Waals surface area contributed by atoms with E-state index in [1.165, 1.54) is 0 Å². The average Bonchev–Trinajstić information content (AvgIpc) is 2.65. The van der Waals surface area contributed by atoms with Crippen molar-refractivity contribution in [3.63, 3.8) is 0 Å². The number of hydrogen-bond donors (Lipinski definition) is 3. The molecule has 2 rings (SSSR count). The van der Waals surface area contributed by atoms with Gasteiger partial charge in [0, 0.05) is 6.54 Å². The van der Waals surface area contributed by atoms with Crippen LogP contribution in [0.25, 0.3) is 0 Å². The largest absolute Gasteiger partial charge is 0.495 e. The van der Waals surface area contributed by atoms with E-state index in [0.29, 0.717) is 27.9 Å². The first-order valence-corrected chi connectivity index (χ1v) is 8.07. The second-order valence-corrected chi connectivity index (χ2v) is 5.57. The minimum absolute atomic E-state index is 0.246.